The van der Waals surface area contributed by atoms with Crippen LogP contribution in [0.5, 0.6) is 0 Å². The Morgan fingerprint density at radius 2 is 1.73 bits per heavy atom. The van der Waals surface area contributed by atoms with Gasteiger partial charge < -0.3 is 10.6 Å². The highest BCUT2D eigenvalue weighted by Crippen LogP contribution is 2.33. The first-order valence-electron chi connectivity index (χ1n) is 9.22. The molecule has 0 aliphatic carbocycles. The zero-order valence-electron chi connectivity index (χ0n) is 15.6. The van der Waals surface area contributed by atoms with Crippen LogP contribution in [-0.2, 0) is 0 Å². The number of carbonyl (C=O) groups excluding carboxylic acids is 1. The second-order valence-corrected chi connectivity index (χ2v) is 7.04. The van der Waals surface area contributed by atoms with Crippen molar-refractivity contribution >= 4 is 29.2 Å². The second-order valence-electron chi connectivity index (χ2n) is 7.04. The van der Waals surface area contributed by atoms with Crippen LogP contribution in [0.3, 0.4) is 0 Å². The first kappa shape index (κ1) is 19.4. The van der Waals surface area contributed by atoms with Crippen molar-refractivity contribution in [3.8, 4) is 0 Å². The molecule has 0 spiro atoms. The Morgan fingerprint density at radius 3 is 2.47 bits per heavy atom. The Hall–Kier alpha value is -3.92. The fraction of sp³-hybridized carbons (Fsp3) is 0.200. The number of non-ortho nitro benzene ring substituents is 2. The van der Waals surface area contributed by atoms with E-state index in [0.717, 1.165) is 5.57 Å². The number of piperidine rings is 1. The molecule has 2 aliphatic rings. The van der Waals surface area contributed by atoms with Crippen LogP contribution in [0, 0.1) is 26.1 Å². The highest BCUT2D eigenvalue weighted by atomic mass is 16.6. The smallest absolute Gasteiger partial charge is 0.329 e. The summed E-state index contributed by atoms with van der Waals surface area (Å²) >= 11 is 0. The van der Waals surface area contributed by atoms with E-state index in [-0.39, 0.29) is 17.3 Å². The Kier molecular flexibility index (Phi) is 5.07. The average molecular weight is 407 g/mol. The van der Waals surface area contributed by atoms with Gasteiger partial charge in [0.15, 0.2) is 0 Å². The fourth-order valence-electron chi connectivity index (χ4n) is 3.80. The Balaban J connectivity index is 1.71. The van der Waals surface area contributed by atoms with Gasteiger partial charge in [0.25, 0.3) is 11.4 Å². The molecular formula is C20H17N5O5. The van der Waals surface area contributed by atoms with Gasteiger partial charge in [0, 0.05) is 43.3 Å². The van der Waals surface area contributed by atoms with Crippen LogP contribution in [0.4, 0.5) is 16.2 Å². The molecule has 0 radical (unpaired) electrons. The number of carbonyl (C=O) groups is 1. The van der Waals surface area contributed by atoms with Gasteiger partial charge in [-0.3, -0.25) is 20.2 Å². The monoisotopic (exact) mass is 407 g/mol. The number of nitrogens with one attached hydrogen (secondary N) is 2. The van der Waals surface area contributed by atoms with Gasteiger partial charge in [0.05, 0.1) is 21.6 Å². The number of rotatable bonds is 4. The third-order valence-corrected chi connectivity index (χ3v) is 5.13. The summed E-state index contributed by atoms with van der Waals surface area (Å²) < 4.78 is 0. The number of fused-ring (bicyclic) bond motifs is 1. The summed E-state index contributed by atoms with van der Waals surface area (Å²) in [6, 6.07) is 11.4. The van der Waals surface area contributed by atoms with Crippen LogP contribution < -0.4 is 10.6 Å². The van der Waals surface area contributed by atoms with Crippen LogP contribution in [0.25, 0.3) is 6.08 Å². The maximum absolute atomic E-state index is 12.3. The van der Waals surface area contributed by atoms with Crippen molar-refractivity contribution in [1.82, 2.24) is 10.6 Å². The molecule has 2 aromatic carbocycles. The minimum absolute atomic E-state index is 0.0255. The molecule has 1 saturated heterocycles. The molecule has 10 nitrogen and oxygen atoms in total. The summed E-state index contributed by atoms with van der Waals surface area (Å²) in [6.45, 7) is 0.978. The molecule has 2 unspecified atom stereocenters. The number of hydrogen-bond donors (Lipinski definition) is 2. The number of nitrogens with zero attached hydrogens (tertiary/aromatic N) is 3. The lowest BCUT2D eigenvalue weighted by Gasteiger charge is -2.36. The van der Waals surface area contributed by atoms with Crippen molar-refractivity contribution in [2.45, 2.75) is 6.04 Å². The normalized spacial score (nSPS) is 22.1. The summed E-state index contributed by atoms with van der Waals surface area (Å²) in [5.41, 5.74) is 2.50. The van der Waals surface area contributed by atoms with Crippen LogP contribution in [0.15, 0.2) is 59.1 Å². The van der Waals surface area contributed by atoms with Gasteiger partial charge in [0.2, 0.25) is 0 Å². The predicted molar refractivity (Wildman–Crippen MR) is 109 cm³/mol. The molecule has 2 amide bonds. The Morgan fingerprint density at radius 1 is 1.03 bits per heavy atom. The lowest BCUT2D eigenvalue weighted by atomic mass is 9.81. The molecule has 152 valence electrons. The molecule has 2 atom stereocenters. The zero-order chi connectivity index (χ0) is 21.3. The van der Waals surface area contributed by atoms with Crippen LogP contribution in [-0.4, -0.2) is 34.7 Å². The first-order valence-corrected chi connectivity index (χ1v) is 9.22. The van der Waals surface area contributed by atoms with Gasteiger partial charge in [-0.05, 0) is 22.8 Å². The largest absolute Gasteiger partial charge is 0.341 e. The number of urea groups is 1. The third-order valence-electron chi connectivity index (χ3n) is 5.13. The summed E-state index contributed by atoms with van der Waals surface area (Å²) in [5, 5.41) is 28.3. The molecule has 10 heteroatoms. The van der Waals surface area contributed by atoms with Gasteiger partial charge in [-0.1, -0.05) is 24.3 Å². The molecule has 0 bridgehead atoms. The molecule has 2 heterocycles. The Bertz CT molecular complexity index is 1110. The van der Waals surface area contributed by atoms with E-state index in [9.17, 15) is 25.0 Å². The SMILES string of the molecule is O=C1N=C2/C(=C/c3cccc([N+](=O)[O-])c3)CNCC2C(c2cccc([N+](=O)[O-])c2)N1. The number of amides is 2. The highest BCUT2D eigenvalue weighted by Gasteiger charge is 2.37. The lowest BCUT2D eigenvalue weighted by molar-refractivity contribution is -0.385. The van der Waals surface area contributed by atoms with Crippen molar-refractivity contribution in [1.29, 1.82) is 0 Å². The van der Waals surface area contributed by atoms with Crippen molar-refractivity contribution in [2.24, 2.45) is 10.9 Å². The molecule has 0 aromatic heterocycles. The van der Waals surface area contributed by atoms with E-state index in [1.54, 1.807) is 30.3 Å². The molecule has 4 rings (SSSR count). The lowest BCUT2D eigenvalue weighted by Crippen LogP contribution is -2.50. The number of nitro groups is 2. The van der Waals surface area contributed by atoms with Gasteiger partial charge in [-0.15, -0.1) is 0 Å². The second kappa shape index (κ2) is 7.84. The Labute approximate surface area is 170 Å². The van der Waals surface area contributed by atoms with E-state index in [1.165, 1.54) is 24.3 Å². The maximum Gasteiger partial charge on any atom is 0.341 e. The van der Waals surface area contributed by atoms with Crippen LogP contribution in [0.1, 0.15) is 17.2 Å². The minimum Gasteiger partial charge on any atom is -0.329 e. The van der Waals surface area contributed by atoms with E-state index >= 15 is 0 Å². The summed E-state index contributed by atoms with van der Waals surface area (Å²) in [4.78, 5) is 37.7. The van der Waals surface area contributed by atoms with Crippen molar-refractivity contribution < 1.29 is 14.6 Å². The summed E-state index contributed by atoms with van der Waals surface area (Å²) in [5.74, 6) is -0.233. The zero-order valence-corrected chi connectivity index (χ0v) is 15.6. The molecule has 2 aliphatic heterocycles. The van der Waals surface area contributed by atoms with Gasteiger partial charge >= 0.3 is 6.03 Å². The van der Waals surface area contributed by atoms with E-state index in [0.29, 0.717) is 29.9 Å². The molecule has 1 fully saturated rings. The number of nitro benzene ring substituents is 2. The van der Waals surface area contributed by atoms with Gasteiger partial charge in [0.1, 0.15) is 0 Å². The van der Waals surface area contributed by atoms with E-state index < -0.39 is 21.9 Å². The minimum atomic E-state index is -0.524. The molecule has 2 N–H and O–H groups in total. The highest BCUT2D eigenvalue weighted by molar-refractivity contribution is 6.12. The van der Waals surface area contributed by atoms with Crippen LogP contribution in [0.2, 0.25) is 0 Å². The third kappa shape index (κ3) is 3.80. The van der Waals surface area contributed by atoms with E-state index in [4.69, 9.17) is 0 Å². The number of aliphatic imine (C=N–C) groups is 1. The summed E-state index contributed by atoms with van der Waals surface area (Å²) in [6.07, 6.45) is 1.77. The quantitative estimate of drug-likeness (QED) is 0.590. The fourth-order valence-corrected chi connectivity index (χ4v) is 3.80. The molecule has 30 heavy (non-hydrogen) atoms. The van der Waals surface area contributed by atoms with E-state index in [2.05, 4.69) is 15.6 Å². The predicted octanol–water partition coefficient (Wildman–Crippen LogP) is 3.01. The average Bonchev–Trinajstić information content (AvgIpc) is 2.74. The first-order chi connectivity index (χ1) is 14.4. The van der Waals surface area contributed by atoms with Crippen molar-refractivity contribution in [2.75, 3.05) is 13.1 Å². The number of hydrogen-bond acceptors (Lipinski definition) is 6. The van der Waals surface area contributed by atoms with Crippen LogP contribution >= 0.6 is 0 Å². The molecular weight excluding hydrogens is 390 g/mol. The van der Waals surface area contributed by atoms with Gasteiger partial charge in [-0.25, -0.2) is 4.79 Å². The van der Waals surface area contributed by atoms with E-state index in [1.807, 2.05) is 0 Å². The summed E-state index contributed by atoms with van der Waals surface area (Å²) in [7, 11) is 0. The van der Waals surface area contributed by atoms with Crippen molar-refractivity contribution in [3.63, 3.8) is 0 Å². The number of benzene rings is 2. The standard InChI is InChI=1S/C20H17N5O5/c26-20-22-18(13-4-2-6-16(9-13)25(29)30)17-11-21-10-14(19(17)23-20)7-12-3-1-5-15(8-12)24(27)28/h1-9,17-18,21H,10-11H2,(H,22,26)/b14-7+. The molecule has 0 saturated carbocycles. The van der Waals surface area contributed by atoms with Crippen molar-refractivity contribution in [3.05, 3.63) is 85.5 Å². The van der Waals surface area contributed by atoms with Gasteiger partial charge in [-0.2, -0.15) is 4.99 Å². The maximum atomic E-state index is 12.3. The topological polar surface area (TPSA) is 140 Å². The molecule has 2 aromatic rings.